The Balaban J connectivity index is 1.49. The van der Waals surface area contributed by atoms with E-state index in [0.29, 0.717) is 23.0 Å². The van der Waals surface area contributed by atoms with Crippen LogP contribution in [0.5, 0.6) is 0 Å². The predicted octanol–water partition coefficient (Wildman–Crippen LogP) is 0.883. The van der Waals surface area contributed by atoms with Crippen LogP contribution in [0.1, 0.15) is 26.5 Å². The minimum absolute atomic E-state index is 0.0352. The standard InChI is InChI=1S/C23H29N5O9S3/c1-23(2,3)21(32)37-10-36-20(31)16-13(38-6-11-5-34-9-35-11)8-39-19-15(18(30)28(16)19)26-17(29)14(27-33-4)12-7-40-22(24)25-12/h7,11,15,19H,5-6,8-10H2,1-4H3,(H2,24,25)(H,26,29)/b27-14-/t11?,15?,19-/m1/s1. The second-order valence-corrected chi connectivity index (χ2v) is 12.8. The zero-order valence-electron chi connectivity index (χ0n) is 22.2. The van der Waals surface area contributed by atoms with Gasteiger partial charge in [0.2, 0.25) is 6.79 Å². The van der Waals surface area contributed by atoms with Crippen molar-refractivity contribution in [3.05, 3.63) is 21.7 Å². The van der Waals surface area contributed by atoms with Gasteiger partial charge in [-0.1, -0.05) is 5.16 Å². The average Bonchev–Trinajstić information content (AvgIpc) is 3.59. The zero-order chi connectivity index (χ0) is 29.0. The number of oxime groups is 1. The number of hydrogen-bond donors (Lipinski definition) is 2. The largest absolute Gasteiger partial charge is 0.427 e. The maximum Gasteiger partial charge on any atom is 0.358 e. The number of rotatable bonds is 10. The van der Waals surface area contributed by atoms with Crippen LogP contribution in [0.25, 0.3) is 0 Å². The number of thioether (sulfide) groups is 2. The van der Waals surface area contributed by atoms with E-state index in [4.69, 9.17) is 29.5 Å². The summed E-state index contributed by atoms with van der Waals surface area (Å²) < 4.78 is 21.0. The Kier molecular flexibility index (Phi) is 9.60. The van der Waals surface area contributed by atoms with Crippen LogP contribution in [0, 0.1) is 5.41 Å². The highest BCUT2D eigenvalue weighted by molar-refractivity contribution is 8.06. The molecule has 2 unspecified atom stereocenters. The van der Waals surface area contributed by atoms with Gasteiger partial charge in [-0.05, 0) is 20.8 Å². The van der Waals surface area contributed by atoms with Crippen LogP contribution in [0.3, 0.4) is 0 Å². The maximum atomic E-state index is 13.3. The van der Waals surface area contributed by atoms with Gasteiger partial charge in [0.25, 0.3) is 11.8 Å². The van der Waals surface area contributed by atoms with Gasteiger partial charge < -0.3 is 34.8 Å². The van der Waals surface area contributed by atoms with Gasteiger partial charge in [0.1, 0.15) is 36.7 Å². The lowest BCUT2D eigenvalue weighted by atomic mass is 9.98. The molecule has 0 aliphatic carbocycles. The summed E-state index contributed by atoms with van der Waals surface area (Å²) in [6.07, 6.45) is -0.164. The van der Waals surface area contributed by atoms with Crippen molar-refractivity contribution in [2.45, 2.75) is 38.3 Å². The lowest BCUT2D eigenvalue weighted by Gasteiger charge is -2.49. The summed E-state index contributed by atoms with van der Waals surface area (Å²) in [4.78, 5) is 62.3. The number of thiazole rings is 1. The normalized spacial score (nSPS) is 22.9. The van der Waals surface area contributed by atoms with Crippen molar-refractivity contribution in [1.82, 2.24) is 15.2 Å². The molecule has 0 saturated carbocycles. The first-order valence-electron chi connectivity index (χ1n) is 12.0. The first-order valence-corrected chi connectivity index (χ1v) is 14.9. The molecule has 1 aromatic rings. The molecule has 3 N–H and O–H groups in total. The highest BCUT2D eigenvalue weighted by Gasteiger charge is 2.55. The Morgan fingerprint density at radius 1 is 1.32 bits per heavy atom. The molecule has 218 valence electrons. The van der Waals surface area contributed by atoms with E-state index in [1.54, 1.807) is 26.2 Å². The molecule has 14 nitrogen and oxygen atoms in total. The number of anilines is 1. The smallest absolute Gasteiger partial charge is 0.358 e. The first kappa shape index (κ1) is 30.1. The van der Waals surface area contributed by atoms with Crippen LogP contribution in [-0.2, 0) is 43.0 Å². The number of ether oxygens (including phenoxy) is 4. The van der Waals surface area contributed by atoms with E-state index in [-0.39, 0.29) is 35.1 Å². The molecule has 0 aromatic carbocycles. The molecule has 2 fully saturated rings. The topological polar surface area (TPSA) is 181 Å². The third-order valence-corrected chi connectivity index (χ3v) is 9.06. The van der Waals surface area contributed by atoms with E-state index in [9.17, 15) is 19.2 Å². The Morgan fingerprint density at radius 3 is 2.73 bits per heavy atom. The number of nitrogens with one attached hydrogen (secondary N) is 1. The maximum absolute atomic E-state index is 13.3. The summed E-state index contributed by atoms with van der Waals surface area (Å²) in [5.74, 6) is -1.71. The fourth-order valence-electron chi connectivity index (χ4n) is 3.68. The van der Waals surface area contributed by atoms with Gasteiger partial charge in [0, 0.05) is 21.8 Å². The summed E-state index contributed by atoms with van der Waals surface area (Å²) in [5.41, 5.74) is 4.99. The van der Waals surface area contributed by atoms with Crippen molar-refractivity contribution in [1.29, 1.82) is 0 Å². The highest BCUT2D eigenvalue weighted by Crippen LogP contribution is 2.44. The lowest BCUT2D eigenvalue weighted by molar-refractivity contribution is -0.173. The molecule has 0 radical (unpaired) electrons. The van der Waals surface area contributed by atoms with Crippen molar-refractivity contribution in [2.24, 2.45) is 10.6 Å². The molecule has 3 aliphatic heterocycles. The van der Waals surface area contributed by atoms with Crippen molar-refractivity contribution in [3.8, 4) is 0 Å². The molecule has 4 heterocycles. The molecular formula is C23H29N5O9S3. The molecule has 0 bridgehead atoms. The van der Waals surface area contributed by atoms with Gasteiger partial charge in [0.05, 0.1) is 18.1 Å². The van der Waals surface area contributed by atoms with Crippen LogP contribution >= 0.6 is 34.9 Å². The van der Waals surface area contributed by atoms with Crippen molar-refractivity contribution in [3.63, 3.8) is 0 Å². The molecule has 17 heteroatoms. The van der Waals surface area contributed by atoms with Gasteiger partial charge in [-0.25, -0.2) is 9.78 Å². The number of nitrogens with two attached hydrogens (primary N) is 1. The van der Waals surface area contributed by atoms with E-state index in [2.05, 4.69) is 15.5 Å². The van der Waals surface area contributed by atoms with E-state index < -0.39 is 47.4 Å². The third kappa shape index (κ3) is 6.71. The van der Waals surface area contributed by atoms with E-state index in [1.807, 2.05) is 0 Å². The predicted molar refractivity (Wildman–Crippen MR) is 147 cm³/mol. The monoisotopic (exact) mass is 615 g/mol. The molecule has 3 aliphatic rings. The molecule has 2 saturated heterocycles. The Bertz CT molecular complexity index is 1220. The number of esters is 2. The Hall–Kier alpha value is -2.86. The summed E-state index contributed by atoms with van der Waals surface area (Å²) >= 11 is 3.85. The number of aromatic nitrogens is 1. The summed E-state index contributed by atoms with van der Waals surface area (Å²) in [5, 5.41) is 7.60. The minimum atomic E-state index is -0.949. The molecule has 40 heavy (non-hydrogen) atoms. The molecule has 2 amide bonds. The molecule has 1 aromatic heterocycles. The van der Waals surface area contributed by atoms with Crippen molar-refractivity contribution >= 4 is 69.5 Å². The number of amides is 2. The molecular weight excluding hydrogens is 586 g/mol. The van der Waals surface area contributed by atoms with Crippen molar-refractivity contribution < 1.29 is 43.0 Å². The Labute approximate surface area is 242 Å². The lowest BCUT2D eigenvalue weighted by Crippen LogP contribution is -2.71. The van der Waals surface area contributed by atoms with Crippen LogP contribution in [0.15, 0.2) is 21.1 Å². The number of nitrogen functional groups attached to an aromatic ring is 1. The average molecular weight is 616 g/mol. The quantitative estimate of drug-likeness (QED) is 0.125. The van der Waals surface area contributed by atoms with Crippen LogP contribution in [0.2, 0.25) is 0 Å². The Morgan fingerprint density at radius 2 is 2.10 bits per heavy atom. The third-order valence-electron chi connectivity index (χ3n) is 5.70. The number of fused-ring (bicyclic) bond motifs is 1. The molecule has 4 rings (SSSR count). The highest BCUT2D eigenvalue weighted by atomic mass is 32.2. The van der Waals surface area contributed by atoms with E-state index in [1.165, 1.54) is 35.5 Å². The number of β-lactam (4-membered cyclic amide) rings is 1. The molecule has 3 atom stereocenters. The number of carbonyl (C=O) groups excluding carboxylic acids is 4. The zero-order valence-corrected chi connectivity index (χ0v) is 24.6. The molecule has 0 spiro atoms. The number of nitrogens with zero attached hydrogens (tertiary/aromatic N) is 3. The summed E-state index contributed by atoms with van der Waals surface area (Å²) in [7, 11) is 1.28. The second kappa shape index (κ2) is 12.8. The van der Waals surface area contributed by atoms with E-state index >= 15 is 0 Å². The van der Waals surface area contributed by atoms with Gasteiger partial charge in [-0.2, -0.15) is 0 Å². The van der Waals surface area contributed by atoms with Gasteiger partial charge in [-0.15, -0.1) is 34.9 Å². The fraction of sp³-hybridized carbons (Fsp3) is 0.565. The number of carbonyl (C=O) groups is 4. The van der Waals surface area contributed by atoms with Crippen LogP contribution in [-0.4, -0.2) is 95.7 Å². The minimum Gasteiger partial charge on any atom is -0.427 e. The summed E-state index contributed by atoms with van der Waals surface area (Å²) in [6.45, 7) is 5.03. The fourth-order valence-corrected chi connectivity index (χ4v) is 6.85. The van der Waals surface area contributed by atoms with Crippen LogP contribution < -0.4 is 11.1 Å². The summed E-state index contributed by atoms with van der Waals surface area (Å²) in [6, 6.07) is -0.949. The second-order valence-electron chi connectivity index (χ2n) is 9.65. The van der Waals surface area contributed by atoms with Gasteiger partial charge in [-0.3, -0.25) is 19.3 Å². The SMILES string of the molecule is CO/N=C(\C(=O)NC1C(=O)N2C(C(=O)OCOC(=O)C(C)(C)C)=C(SCC3COCO3)CS[C@H]12)c1csc(N)n1. The van der Waals surface area contributed by atoms with Crippen molar-refractivity contribution in [2.75, 3.05) is 44.5 Å². The van der Waals surface area contributed by atoms with Crippen LogP contribution in [0.4, 0.5) is 5.13 Å². The number of hydrogen-bond acceptors (Lipinski definition) is 15. The van der Waals surface area contributed by atoms with Gasteiger partial charge in [0.15, 0.2) is 10.8 Å². The van der Waals surface area contributed by atoms with Gasteiger partial charge >= 0.3 is 11.9 Å². The first-order chi connectivity index (χ1) is 19.0. The van der Waals surface area contributed by atoms with E-state index in [0.717, 1.165) is 11.3 Å².